The number of fused-ring (bicyclic) bond motifs is 1. The quantitative estimate of drug-likeness (QED) is 0.227. The molecule has 1 aliphatic carbocycles. The van der Waals surface area contributed by atoms with E-state index < -0.39 is 6.09 Å². The molecule has 7 rings (SSSR count). The molecule has 2 saturated heterocycles. The molecular weight excluding hydrogens is 620 g/mol. The van der Waals surface area contributed by atoms with E-state index in [0.29, 0.717) is 36.8 Å². The summed E-state index contributed by atoms with van der Waals surface area (Å²) in [5.41, 5.74) is 6.99. The van der Waals surface area contributed by atoms with E-state index in [4.69, 9.17) is 31.3 Å². The molecule has 11 nitrogen and oxygen atoms in total. The third-order valence-electron chi connectivity index (χ3n) is 10.2. The van der Waals surface area contributed by atoms with Crippen molar-refractivity contribution in [1.82, 2.24) is 29.4 Å². The van der Waals surface area contributed by atoms with Crippen molar-refractivity contribution in [3.05, 3.63) is 58.4 Å². The Morgan fingerprint density at radius 3 is 2.53 bits per heavy atom. The van der Waals surface area contributed by atoms with Gasteiger partial charge in [0, 0.05) is 79.1 Å². The Hall–Kier alpha value is -3.93. The molecule has 4 heterocycles. The van der Waals surface area contributed by atoms with Crippen LogP contribution in [0.5, 0.6) is 0 Å². The van der Waals surface area contributed by atoms with E-state index >= 15 is 0 Å². The van der Waals surface area contributed by atoms with Gasteiger partial charge in [0.15, 0.2) is 6.23 Å². The smallest absolute Gasteiger partial charge is 0.407 e. The summed E-state index contributed by atoms with van der Waals surface area (Å²) in [6, 6.07) is 9.83. The van der Waals surface area contributed by atoms with Crippen molar-refractivity contribution in [2.24, 2.45) is 5.41 Å². The van der Waals surface area contributed by atoms with E-state index in [9.17, 15) is 14.7 Å². The topological polar surface area (TPSA) is 115 Å². The SMILES string of the molecule is COCCN(C)C(=O)c1ccc(-c2nn(C3CC4(C3)CN(C(=O)O)C4)c(C)c2-c2c(Cl)c(C)cc3c2cnn3C2CCCCO2)cc1. The maximum atomic E-state index is 13.1. The second-order valence-corrected chi connectivity index (χ2v) is 13.9. The first-order valence-corrected chi connectivity index (χ1v) is 16.7. The Labute approximate surface area is 279 Å². The number of carboxylic acid groups (broad SMARTS) is 1. The number of benzene rings is 2. The number of aryl methyl sites for hydroxylation is 1. The Morgan fingerprint density at radius 2 is 1.87 bits per heavy atom. The van der Waals surface area contributed by atoms with E-state index in [2.05, 4.69) is 17.7 Å². The van der Waals surface area contributed by atoms with Crippen LogP contribution in [0.4, 0.5) is 4.79 Å². The molecule has 248 valence electrons. The summed E-state index contributed by atoms with van der Waals surface area (Å²) in [4.78, 5) is 27.7. The van der Waals surface area contributed by atoms with Gasteiger partial charge in [-0.05, 0) is 69.7 Å². The van der Waals surface area contributed by atoms with Crippen molar-refractivity contribution in [2.45, 2.75) is 58.2 Å². The fourth-order valence-corrected chi connectivity index (χ4v) is 7.90. The molecule has 1 saturated carbocycles. The van der Waals surface area contributed by atoms with Crippen molar-refractivity contribution in [3.8, 4) is 22.4 Å². The third-order valence-corrected chi connectivity index (χ3v) is 10.7. The van der Waals surface area contributed by atoms with Crippen molar-refractivity contribution in [1.29, 1.82) is 0 Å². The molecule has 1 N–H and O–H groups in total. The van der Waals surface area contributed by atoms with Gasteiger partial charge in [-0.1, -0.05) is 23.7 Å². The molecule has 1 atom stereocenters. The van der Waals surface area contributed by atoms with Gasteiger partial charge >= 0.3 is 6.09 Å². The van der Waals surface area contributed by atoms with Crippen LogP contribution in [0.2, 0.25) is 5.02 Å². The highest BCUT2D eigenvalue weighted by Gasteiger charge is 2.55. The van der Waals surface area contributed by atoms with Crippen LogP contribution in [0, 0.1) is 19.3 Å². The minimum absolute atomic E-state index is 0.0218. The first-order valence-electron chi connectivity index (χ1n) is 16.3. The lowest BCUT2D eigenvalue weighted by Gasteiger charge is -2.58. The standard InChI is InChI=1S/C35H41ClN6O5/c1-21-15-27-26(18-37-42(27)28-7-5-6-13-47-28)30(31(21)36)29-22(2)41(25-16-35(17-25)19-40(20-35)34(44)45)38-32(29)23-8-10-24(11-9-23)33(43)39(3)12-14-46-4/h8-11,15,18,25,28H,5-7,12-14,16-17,19-20H2,1-4H3,(H,44,45). The van der Waals surface area contributed by atoms with Crippen molar-refractivity contribution >= 4 is 34.5 Å². The lowest BCUT2D eigenvalue weighted by Crippen LogP contribution is -2.63. The predicted octanol–water partition coefficient (Wildman–Crippen LogP) is 6.57. The number of likely N-dealkylation sites (tertiary alicyclic amines) is 1. The van der Waals surface area contributed by atoms with Gasteiger partial charge < -0.3 is 24.4 Å². The molecule has 4 aromatic rings. The summed E-state index contributed by atoms with van der Waals surface area (Å²) < 4.78 is 15.4. The Morgan fingerprint density at radius 1 is 1.13 bits per heavy atom. The van der Waals surface area contributed by atoms with Gasteiger partial charge in [0.25, 0.3) is 5.91 Å². The number of carbonyl (C=O) groups is 2. The van der Waals surface area contributed by atoms with Gasteiger partial charge in [0.05, 0.1) is 29.4 Å². The average molecular weight is 661 g/mol. The minimum atomic E-state index is -0.858. The number of halogens is 1. The van der Waals surface area contributed by atoms with E-state index in [1.165, 1.54) is 4.90 Å². The molecule has 0 radical (unpaired) electrons. The first-order chi connectivity index (χ1) is 22.6. The lowest BCUT2D eigenvalue weighted by atomic mass is 9.61. The van der Waals surface area contributed by atoms with Crippen molar-refractivity contribution < 1.29 is 24.2 Å². The molecular formula is C35H41ClN6O5. The lowest BCUT2D eigenvalue weighted by molar-refractivity contribution is -0.0775. The minimum Gasteiger partial charge on any atom is -0.465 e. The second kappa shape index (κ2) is 12.3. The van der Waals surface area contributed by atoms with Crippen LogP contribution in [0.25, 0.3) is 33.3 Å². The highest BCUT2D eigenvalue weighted by atomic mass is 35.5. The highest BCUT2D eigenvalue weighted by molar-refractivity contribution is 6.36. The number of rotatable bonds is 8. The van der Waals surface area contributed by atoms with Crippen LogP contribution < -0.4 is 0 Å². The molecule has 3 fully saturated rings. The molecule has 2 aromatic heterocycles. The molecule has 3 aliphatic rings. The number of likely N-dealkylation sites (N-methyl/N-ethyl adjacent to an activating group) is 1. The molecule has 2 amide bonds. The molecule has 2 aromatic carbocycles. The summed E-state index contributed by atoms with van der Waals surface area (Å²) in [6.07, 6.45) is 5.70. The zero-order valence-electron chi connectivity index (χ0n) is 27.3. The molecule has 12 heteroatoms. The molecule has 1 spiro atoms. The van der Waals surface area contributed by atoms with Gasteiger partial charge in [0.2, 0.25) is 0 Å². The number of ether oxygens (including phenoxy) is 2. The summed E-state index contributed by atoms with van der Waals surface area (Å²) in [6.45, 7) is 6.93. The fourth-order valence-electron chi connectivity index (χ4n) is 7.65. The normalized spacial score (nSPS) is 19.2. The summed E-state index contributed by atoms with van der Waals surface area (Å²) in [5.74, 6) is -0.0769. The van der Waals surface area contributed by atoms with Crippen LogP contribution in [0.1, 0.15) is 66.0 Å². The maximum Gasteiger partial charge on any atom is 0.407 e. The van der Waals surface area contributed by atoms with Crippen LogP contribution in [0.15, 0.2) is 36.5 Å². The van der Waals surface area contributed by atoms with E-state index in [1.54, 1.807) is 19.1 Å². The number of hydrogen-bond donors (Lipinski definition) is 1. The number of aromatic nitrogens is 4. The number of methoxy groups -OCH3 is 1. The Bertz CT molecular complexity index is 1830. The summed E-state index contributed by atoms with van der Waals surface area (Å²) in [7, 11) is 3.39. The van der Waals surface area contributed by atoms with E-state index in [-0.39, 0.29) is 23.6 Å². The fraction of sp³-hybridized carbons (Fsp3) is 0.486. The second-order valence-electron chi connectivity index (χ2n) is 13.5. The Kier molecular flexibility index (Phi) is 8.26. The van der Waals surface area contributed by atoms with Crippen molar-refractivity contribution in [2.75, 3.05) is 47.0 Å². The monoisotopic (exact) mass is 660 g/mol. The number of hydrogen-bond acceptors (Lipinski definition) is 6. The van der Waals surface area contributed by atoms with Crippen molar-refractivity contribution in [3.63, 3.8) is 0 Å². The van der Waals surface area contributed by atoms with Crippen LogP contribution >= 0.6 is 11.6 Å². The van der Waals surface area contributed by atoms with Gasteiger partial charge in [-0.15, -0.1) is 0 Å². The summed E-state index contributed by atoms with van der Waals surface area (Å²) in [5, 5.41) is 21.0. The molecule has 47 heavy (non-hydrogen) atoms. The maximum absolute atomic E-state index is 13.1. The largest absolute Gasteiger partial charge is 0.465 e. The molecule has 2 aliphatic heterocycles. The van der Waals surface area contributed by atoms with Gasteiger partial charge in [-0.3, -0.25) is 9.48 Å². The van der Waals surface area contributed by atoms with Crippen LogP contribution in [-0.2, 0) is 9.47 Å². The Balaban J connectivity index is 1.31. The van der Waals surface area contributed by atoms with Gasteiger partial charge in [0.1, 0.15) is 5.69 Å². The zero-order chi connectivity index (χ0) is 33.0. The summed E-state index contributed by atoms with van der Waals surface area (Å²) >= 11 is 7.21. The average Bonchev–Trinajstić information content (AvgIpc) is 3.60. The van der Waals surface area contributed by atoms with E-state index in [1.807, 2.05) is 42.1 Å². The van der Waals surface area contributed by atoms with Gasteiger partial charge in [-0.25, -0.2) is 9.48 Å². The first kappa shape index (κ1) is 31.7. The third kappa shape index (κ3) is 5.48. The zero-order valence-corrected chi connectivity index (χ0v) is 28.1. The molecule has 0 bridgehead atoms. The van der Waals surface area contributed by atoms with Crippen LogP contribution in [0.3, 0.4) is 0 Å². The number of nitrogens with zero attached hydrogens (tertiary/aromatic N) is 6. The molecule has 1 unspecified atom stereocenters. The van der Waals surface area contributed by atoms with Crippen LogP contribution in [-0.4, -0.2) is 93.5 Å². The highest BCUT2D eigenvalue weighted by Crippen LogP contribution is 2.55. The van der Waals surface area contributed by atoms with E-state index in [0.717, 1.165) is 83.3 Å². The number of amides is 2. The predicted molar refractivity (Wildman–Crippen MR) is 179 cm³/mol. The van der Waals surface area contributed by atoms with Gasteiger partial charge in [-0.2, -0.15) is 10.2 Å². The number of carbonyl (C=O) groups excluding carboxylic acids is 1.